The molecule has 1 heterocycles. The van der Waals surface area contributed by atoms with Crippen LogP contribution < -0.4 is 4.74 Å². The molecule has 6 N–H and O–H groups in total. The molecule has 1 aliphatic heterocycles. The molecule has 1 saturated heterocycles. The maximum Gasteiger partial charge on any atom is 0.229 e. The molecule has 0 spiro atoms. The Labute approximate surface area is 188 Å². The molecule has 5 atom stereocenters. The molecule has 33 heavy (non-hydrogen) atoms. The molecule has 11 nitrogen and oxygen atoms in total. The van der Waals surface area contributed by atoms with Crippen molar-refractivity contribution in [3.05, 3.63) is 52.4 Å². The Balaban J connectivity index is 1.85. The van der Waals surface area contributed by atoms with E-state index in [-0.39, 0.29) is 36.3 Å². The van der Waals surface area contributed by atoms with Gasteiger partial charge in [-0.2, -0.15) is 4.91 Å². The molecule has 1 fully saturated rings. The van der Waals surface area contributed by atoms with Crippen LogP contribution in [0.25, 0.3) is 0 Å². The van der Waals surface area contributed by atoms with E-state index in [0.29, 0.717) is 0 Å². The van der Waals surface area contributed by atoms with Gasteiger partial charge in [-0.1, -0.05) is 17.3 Å². The van der Waals surface area contributed by atoms with Gasteiger partial charge in [0.1, 0.15) is 46.8 Å². The number of phenolic OH excluding ortho intramolecular Hbond substituents is 3. The van der Waals surface area contributed by atoms with Gasteiger partial charge in [0.05, 0.1) is 12.7 Å². The molecule has 0 aliphatic carbocycles. The fourth-order valence-electron chi connectivity index (χ4n) is 3.57. The van der Waals surface area contributed by atoms with Gasteiger partial charge in [0, 0.05) is 25.0 Å². The van der Waals surface area contributed by atoms with Gasteiger partial charge in [0.2, 0.25) is 6.29 Å². The van der Waals surface area contributed by atoms with E-state index in [9.17, 15) is 40.3 Å². The number of aliphatic hydroxyl groups is 3. The molecular formula is C22H25NO10. The minimum absolute atomic E-state index is 0.0629. The first kappa shape index (κ1) is 24.4. The number of hydrogen-bond donors (Lipinski definition) is 6. The van der Waals surface area contributed by atoms with Crippen LogP contribution in [0, 0.1) is 4.91 Å². The van der Waals surface area contributed by atoms with Crippen molar-refractivity contribution >= 4 is 5.78 Å². The van der Waals surface area contributed by atoms with Crippen LogP contribution in [0.5, 0.6) is 23.0 Å². The zero-order chi connectivity index (χ0) is 24.1. The van der Waals surface area contributed by atoms with E-state index in [0.717, 1.165) is 17.7 Å². The highest BCUT2D eigenvalue weighted by Gasteiger charge is 2.41. The summed E-state index contributed by atoms with van der Waals surface area (Å²) in [6.45, 7) is -0.653. The lowest BCUT2D eigenvalue weighted by molar-refractivity contribution is -0.187. The lowest BCUT2D eigenvalue weighted by Crippen LogP contribution is -2.42. The Morgan fingerprint density at radius 3 is 2.42 bits per heavy atom. The van der Waals surface area contributed by atoms with Gasteiger partial charge in [-0.3, -0.25) is 4.79 Å². The normalized spacial score (nSPS) is 25.2. The lowest BCUT2D eigenvalue weighted by atomic mass is 10.0. The SMILES string of the molecule is O=N[C@H]1CC(O)[C@@H](O)C(Oc2cc(O)cc(O)c2C(=O)CCc2ccc(O)cc2)OC1CO. The third kappa shape index (κ3) is 5.76. The summed E-state index contributed by atoms with van der Waals surface area (Å²) in [5.41, 5.74) is 0.470. The minimum Gasteiger partial charge on any atom is -0.508 e. The topological polar surface area (TPSA) is 186 Å². The molecule has 0 amide bonds. The number of ketones is 1. The fourth-order valence-corrected chi connectivity index (χ4v) is 3.57. The molecule has 2 aromatic rings. The Hall–Kier alpha value is -3.25. The van der Waals surface area contributed by atoms with Gasteiger partial charge in [-0.15, -0.1) is 0 Å². The molecule has 0 bridgehead atoms. The first-order valence-electron chi connectivity index (χ1n) is 10.2. The van der Waals surface area contributed by atoms with E-state index >= 15 is 0 Å². The standard InChI is InChI=1S/C22H25NO10/c24-10-19-14(23-31)9-17(29)21(30)22(33-19)32-18-8-13(26)7-16(28)20(18)15(27)6-3-11-1-4-12(25)5-2-11/h1-2,4-5,7-8,14,17,19,21-22,24-26,28-30H,3,6,9-10H2/t14-,17?,19?,21+,22?/m0/s1. The van der Waals surface area contributed by atoms with Crippen LogP contribution in [0.3, 0.4) is 0 Å². The van der Waals surface area contributed by atoms with Gasteiger partial charge in [-0.25, -0.2) is 0 Å². The number of carbonyl (C=O) groups excluding carboxylic acids is 1. The molecule has 1 aliphatic rings. The summed E-state index contributed by atoms with van der Waals surface area (Å²) >= 11 is 0. The lowest BCUT2D eigenvalue weighted by Gasteiger charge is -2.27. The second-order valence-electron chi connectivity index (χ2n) is 7.74. The zero-order valence-corrected chi connectivity index (χ0v) is 17.4. The molecule has 3 rings (SSSR count). The minimum atomic E-state index is -1.68. The summed E-state index contributed by atoms with van der Waals surface area (Å²) in [7, 11) is 0. The molecule has 0 radical (unpaired) electrons. The number of aliphatic hydroxyl groups excluding tert-OH is 3. The highest BCUT2D eigenvalue weighted by molar-refractivity contribution is 6.01. The molecule has 2 aromatic carbocycles. The maximum atomic E-state index is 12.9. The number of nitroso groups, excluding NO2 is 1. The Morgan fingerprint density at radius 1 is 1.09 bits per heavy atom. The highest BCUT2D eigenvalue weighted by atomic mass is 16.7. The Kier molecular flexibility index (Phi) is 7.82. The highest BCUT2D eigenvalue weighted by Crippen LogP contribution is 2.36. The van der Waals surface area contributed by atoms with Crippen molar-refractivity contribution in [2.45, 2.75) is 49.9 Å². The Bertz CT molecular complexity index is 980. The molecule has 11 heteroatoms. The van der Waals surface area contributed by atoms with Crippen LogP contribution in [0.4, 0.5) is 0 Å². The van der Waals surface area contributed by atoms with Crippen molar-refractivity contribution < 1.29 is 44.9 Å². The van der Waals surface area contributed by atoms with Crippen LogP contribution in [-0.4, -0.2) is 73.7 Å². The van der Waals surface area contributed by atoms with Gasteiger partial charge < -0.3 is 40.1 Å². The average molecular weight is 463 g/mol. The van der Waals surface area contributed by atoms with Crippen molar-refractivity contribution in [3.63, 3.8) is 0 Å². The summed E-state index contributed by atoms with van der Waals surface area (Å²) in [6, 6.07) is 7.05. The van der Waals surface area contributed by atoms with Crippen molar-refractivity contribution in [3.8, 4) is 23.0 Å². The summed E-state index contributed by atoms with van der Waals surface area (Å²) < 4.78 is 11.0. The molecule has 178 valence electrons. The van der Waals surface area contributed by atoms with Crippen LogP contribution in [-0.2, 0) is 11.2 Å². The Morgan fingerprint density at radius 2 is 1.79 bits per heavy atom. The van der Waals surface area contributed by atoms with Gasteiger partial charge >= 0.3 is 0 Å². The van der Waals surface area contributed by atoms with Crippen LogP contribution in [0.1, 0.15) is 28.8 Å². The molecule has 0 saturated carbocycles. The van der Waals surface area contributed by atoms with E-state index in [1.165, 1.54) is 12.1 Å². The third-order valence-corrected chi connectivity index (χ3v) is 5.37. The molecule has 3 unspecified atom stereocenters. The van der Waals surface area contributed by atoms with Crippen molar-refractivity contribution in [1.82, 2.24) is 0 Å². The van der Waals surface area contributed by atoms with Gasteiger partial charge in [-0.05, 0) is 24.1 Å². The van der Waals surface area contributed by atoms with E-state index in [1.807, 2.05) is 0 Å². The number of aromatic hydroxyl groups is 3. The molecular weight excluding hydrogens is 438 g/mol. The van der Waals surface area contributed by atoms with Gasteiger partial charge in [0.15, 0.2) is 5.78 Å². The quantitative estimate of drug-likeness (QED) is 0.243. The first-order chi connectivity index (χ1) is 15.7. The zero-order valence-electron chi connectivity index (χ0n) is 17.4. The van der Waals surface area contributed by atoms with Crippen molar-refractivity contribution in [1.29, 1.82) is 0 Å². The number of Topliss-reactive ketones (excluding diaryl/α,β-unsaturated/α-hetero) is 1. The maximum absolute atomic E-state index is 12.9. The summed E-state index contributed by atoms with van der Waals surface area (Å²) in [4.78, 5) is 23.9. The number of aryl methyl sites for hydroxylation is 1. The van der Waals surface area contributed by atoms with Crippen molar-refractivity contribution in [2.24, 2.45) is 5.18 Å². The summed E-state index contributed by atoms with van der Waals surface area (Å²) in [5, 5.41) is 62.4. The van der Waals surface area contributed by atoms with E-state index in [2.05, 4.69) is 5.18 Å². The number of ether oxygens (including phenoxy) is 2. The summed E-state index contributed by atoms with van der Waals surface area (Å²) in [6.07, 6.45) is -6.09. The van der Waals surface area contributed by atoms with E-state index in [1.54, 1.807) is 12.1 Å². The average Bonchev–Trinajstić information content (AvgIpc) is 2.89. The smallest absolute Gasteiger partial charge is 0.229 e. The largest absolute Gasteiger partial charge is 0.508 e. The number of rotatable bonds is 8. The summed E-state index contributed by atoms with van der Waals surface area (Å²) in [5.74, 6) is -1.81. The van der Waals surface area contributed by atoms with E-state index in [4.69, 9.17) is 9.47 Å². The second kappa shape index (κ2) is 10.6. The number of hydrogen-bond acceptors (Lipinski definition) is 11. The number of carbonyl (C=O) groups is 1. The van der Waals surface area contributed by atoms with Crippen LogP contribution in [0.2, 0.25) is 0 Å². The fraction of sp³-hybridized carbons (Fsp3) is 0.409. The molecule has 0 aromatic heterocycles. The predicted octanol–water partition coefficient (Wildman–Crippen LogP) is 0.962. The second-order valence-corrected chi connectivity index (χ2v) is 7.74. The predicted molar refractivity (Wildman–Crippen MR) is 113 cm³/mol. The van der Waals surface area contributed by atoms with Crippen LogP contribution >= 0.6 is 0 Å². The van der Waals surface area contributed by atoms with Crippen LogP contribution in [0.15, 0.2) is 41.6 Å². The number of nitrogens with zero attached hydrogens (tertiary/aromatic N) is 1. The number of phenols is 3. The third-order valence-electron chi connectivity index (χ3n) is 5.37. The number of benzene rings is 2. The van der Waals surface area contributed by atoms with Crippen molar-refractivity contribution in [2.75, 3.05) is 6.61 Å². The monoisotopic (exact) mass is 463 g/mol. The van der Waals surface area contributed by atoms with Gasteiger partial charge in [0.25, 0.3) is 0 Å². The van der Waals surface area contributed by atoms with E-state index < -0.39 is 54.5 Å². The first-order valence-corrected chi connectivity index (χ1v) is 10.2.